The Kier molecular flexibility index (Phi) is 5.18. The van der Waals surface area contributed by atoms with E-state index in [0.717, 1.165) is 17.7 Å². The number of fused-ring (bicyclic) bond motifs is 1. The molecule has 7 nitrogen and oxygen atoms in total. The number of anilines is 2. The second-order valence-electron chi connectivity index (χ2n) is 6.79. The van der Waals surface area contributed by atoms with Crippen LogP contribution in [0.1, 0.15) is 5.56 Å². The lowest BCUT2D eigenvalue weighted by Crippen LogP contribution is -2.32. The third kappa shape index (κ3) is 3.86. The van der Waals surface area contributed by atoms with Gasteiger partial charge in [-0.1, -0.05) is 0 Å². The van der Waals surface area contributed by atoms with Gasteiger partial charge >= 0.3 is 0 Å². The molecule has 1 atom stereocenters. The van der Waals surface area contributed by atoms with Crippen molar-refractivity contribution in [2.45, 2.75) is 6.42 Å². The van der Waals surface area contributed by atoms with Gasteiger partial charge in [-0.05, 0) is 48.4 Å². The van der Waals surface area contributed by atoms with E-state index in [4.69, 9.17) is 15.2 Å². The van der Waals surface area contributed by atoms with Crippen LogP contribution in [0.15, 0.2) is 42.6 Å². The van der Waals surface area contributed by atoms with Crippen LogP contribution >= 0.6 is 0 Å². The Morgan fingerprint density at radius 2 is 2.00 bits per heavy atom. The zero-order valence-corrected chi connectivity index (χ0v) is 16.0. The first-order chi connectivity index (χ1) is 14.4. The van der Waals surface area contributed by atoms with Crippen LogP contribution in [0, 0.1) is 17.6 Å². The largest absolute Gasteiger partial charge is 0.497 e. The van der Waals surface area contributed by atoms with Crippen molar-refractivity contribution in [2.24, 2.45) is 5.92 Å². The molecule has 0 saturated heterocycles. The number of hydrogen-bond acceptors (Lipinski definition) is 6. The van der Waals surface area contributed by atoms with Crippen LogP contribution in [0.25, 0.3) is 11.3 Å². The molecule has 1 aliphatic heterocycles. The Bertz CT molecular complexity index is 1100. The zero-order valence-electron chi connectivity index (χ0n) is 16.0. The highest BCUT2D eigenvalue weighted by Crippen LogP contribution is 2.32. The lowest BCUT2D eigenvalue weighted by Gasteiger charge is -2.25. The van der Waals surface area contributed by atoms with Crippen molar-refractivity contribution in [1.82, 2.24) is 9.97 Å². The molecule has 4 rings (SSSR count). The number of carbonyl (C=O) groups is 1. The number of ether oxygens (including phenoxy) is 2. The molecule has 9 heteroatoms. The van der Waals surface area contributed by atoms with Crippen LogP contribution in [-0.2, 0) is 11.2 Å². The molecule has 0 aliphatic carbocycles. The fraction of sp³-hybridized carbons (Fsp3) is 0.190. The van der Waals surface area contributed by atoms with Crippen molar-refractivity contribution in [1.29, 1.82) is 0 Å². The molecule has 30 heavy (non-hydrogen) atoms. The summed E-state index contributed by atoms with van der Waals surface area (Å²) in [7, 11) is 1.55. The number of aromatic nitrogens is 2. The summed E-state index contributed by atoms with van der Waals surface area (Å²) in [6.07, 6.45) is 1.73. The first kappa shape index (κ1) is 19.6. The lowest BCUT2D eigenvalue weighted by molar-refractivity contribution is -0.121. The second kappa shape index (κ2) is 7.94. The summed E-state index contributed by atoms with van der Waals surface area (Å²) < 4.78 is 40.0. The minimum atomic E-state index is -0.877. The van der Waals surface area contributed by atoms with Gasteiger partial charge in [-0.25, -0.2) is 18.7 Å². The first-order valence-electron chi connectivity index (χ1n) is 9.13. The highest BCUT2D eigenvalue weighted by molar-refractivity contribution is 5.93. The third-order valence-corrected chi connectivity index (χ3v) is 4.78. The predicted octanol–water partition coefficient (Wildman–Crippen LogP) is 3.20. The van der Waals surface area contributed by atoms with Gasteiger partial charge in [0.05, 0.1) is 24.3 Å². The van der Waals surface area contributed by atoms with Crippen LogP contribution in [0.5, 0.6) is 11.5 Å². The number of amides is 1. The maximum absolute atomic E-state index is 14.6. The number of benzene rings is 2. The van der Waals surface area contributed by atoms with Crippen molar-refractivity contribution in [3.8, 4) is 22.8 Å². The van der Waals surface area contributed by atoms with Crippen LogP contribution in [0.3, 0.4) is 0 Å². The quantitative estimate of drug-likeness (QED) is 0.683. The van der Waals surface area contributed by atoms with E-state index in [2.05, 4.69) is 15.3 Å². The van der Waals surface area contributed by atoms with E-state index < -0.39 is 23.5 Å². The average Bonchev–Trinajstić information content (AvgIpc) is 2.72. The van der Waals surface area contributed by atoms with E-state index in [-0.39, 0.29) is 29.5 Å². The number of hydrogen-bond donors (Lipinski definition) is 2. The SMILES string of the molecule is COc1ccc2c(c1)C[C@@H](C(=O)Nc1cc(F)c(-c3ccnc(N)n3)c(F)c1)CO2. The Balaban J connectivity index is 1.52. The van der Waals surface area contributed by atoms with Crippen LogP contribution < -0.4 is 20.5 Å². The molecule has 0 fully saturated rings. The third-order valence-electron chi connectivity index (χ3n) is 4.78. The van der Waals surface area contributed by atoms with Gasteiger partial charge < -0.3 is 20.5 Å². The van der Waals surface area contributed by atoms with Gasteiger partial charge in [0.25, 0.3) is 0 Å². The average molecular weight is 412 g/mol. The Morgan fingerprint density at radius 3 is 2.70 bits per heavy atom. The molecule has 0 bridgehead atoms. The number of methoxy groups -OCH3 is 1. The number of nitrogens with one attached hydrogen (secondary N) is 1. The number of rotatable bonds is 4. The lowest BCUT2D eigenvalue weighted by atomic mass is 9.95. The summed E-state index contributed by atoms with van der Waals surface area (Å²) in [6.45, 7) is 0.161. The first-order valence-corrected chi connectivity index (χ1v) is 9.13. The van der Waals surface area contributed by atoms with Crippen molar-refractivity contribution in [3.05, 3.63) is 59.8 Å². The van der Waals surface area contributed by atoms with Gasteiger partial charge in [0.2, 0.25) is 11.9 Å². The molecule has 0 spiro atoms. The Labute approximate surface area is 170 Å². The molecule has 1 aromatic heterocycles. The van der Waals surface area contributed by atoms with Crippen LogP contribution in [-0.4, -0.2) is 29.6 Å². The van der Waals surface area contributed by atoms with E-state index in [0.29, 0.717) is 17.9 Å². The minimum absolute atomic E-state index is 0.00258. The maximum Gasteiger partial charge on any atom is 0.231 e. The van der Waals surface area contributed by atoms with Crippen molar-refractivity contribution in [3.63, 3.8) is 0 Å². The number of nitrogens with two attached hydrogens (primary N) is 1. The molecule has 2 heterocycles. The van der Waals surface area contributed by atoms with Gasteiger partial charge in [0.15, 0.2) is 0 Å². The Morgan fingerprint density at radius 1 is 1.23 bits per heavy atom. The number of nitrogens with zero attached hydrogens (tertiary/aromatic N) is 2. The highest BCUT2D eigenvalue weighted by Gasteiger charge is 2.27. The summed E-state index contributed by atoms with van der Waals surface area (Å²) in [5, 5.41) is 2.56. The number of halogens is 2. The molecule has 1 aliphatic rings. The van der Waals surface area contributed by atoms with Crippen LogP contribution in [0.2, 0.25) is 0 Å². The summed E-state index contributed by atoms with van der Waals surface area (Å²) in [4.78, 5) is 20.2. The van der Waals surface area contributed by atoms with Gasteiger partial charge in [-0.15, -0.1) is 0 Å². The standard InChI is InChI=1S/C21H18F2N4O3/c1-29-14-2-3-18-11(7-14)6-12(10-30-18)20(28)26-13-8-15(22)19(16(23)9-13)17-4-5-25-21(24)27-17/h2-5,7-9,12H,6,10H2,1H3,(H,26,28)(H2,24,25,27)/t12-/m1/s1. The highest BCUT2D eigenvalue weighted by atomic mass is 19.1. The summed E-state index contributed by atoms with van der Waals surface area (Å²) >= 11 is 0. The predicted molar refractivity (Wildman–Crippen MR) is 106 cm³/mol. The molecule has 3 N–H and O–H groups in total. The zero-order chi connectivity index (χ0) is 21.3. The molecule has 154 valence electrons. The van der Waals surface area contributed by atoms with Crippen LogP contribution in [0.4, 0.5) is 20.4 Å². The second-order valence-corrected chi connectivity index (χ2v) is 6.79. The molecule has 0 saturated carbocycles. The normalized spacial score (nSPS) is 15.1. The van der Waals surface area contributed by atoms with Gasteiger partial charge in [0.1, 0.15) is 29.7 Å². The fourth-order valence-electron chi connectivity index (χ4n) is 3.31. The molecular weight excluding hydrogens is 394 g/mol. The molecule has 1 amide bonds. The maximum atomic E-state index is 14.6. The number of carbonyl (C=O) groups excluding carboxylic acids is 1. The van der Waals surface area contributed by atoms with E-state index >= 15 is 0 Å². The summed E-state index contributed by atoms with van der Waals surface area (Å²) in [5.74, 6) is -1.43. The van der Waals surface area contributed by atoms with E-state index in [1.54, 1.807) is 25.3 Å². The van der Waals surface area contributed by atoms with E-state index in [9.17, 15) is 13.6 Å². The summed E-state index contributed by atoms with van der Waals surface area (Å²) in [5.41, 5.74) is 5.98. The smallest absolute Gasteiger partial charge is 0.231 e. The molecule has 2 aromatic carbocycles. The monoisotopic (exact) mass is 412 g/mol. The van der Waals surface area contributed by atoms with Crippen molar-refractivity contribution >= 4 is 17.5 Å². The van der Waals surface area contributed by atoms with E-state index in [1.165, 1.54) is 12.3 Å². The van der Waals surface area contributed by atoms with Gasteiger partial charge in [-0.2, -0.15) is 0 Å². The van der Waals surface area contributed by atoms with Crippen molar-refractivity contribution < 1.29 is 23.0 Å². The van der Waals surface area contributed by atoms with Gasteiger partial charge in [0, 0.05) is 11.9 Å². The number of nitrogen functional groups attached to an aromatic ring is 1. The molecule has 3 aromatic rings. The van der Waals surface area contributed by atoms with E-state index in [1.807, 2.05) is 0 Å². The Hall–Kier alpha value is -3.75. The minimum Gasteiger partial charge on any atom is -0.497 e. The van der Waals surface area contributed by atoms with Crippen molar-refractivity contribution in [2.75, 3.05) is 24.8 Å². The molecule has 0 unspecified atom stereocenters. The fourth-order valence-corrected chi connectivity index (χ4v) is 3.31. The van der Waals surface area contributed by atoms with Gasteiger partial charge in [-0.3, -0.25) is 4.79 Å². The molecule has 0 radical (unpaired) electrons. The topological polar surface area (TPSA) is 99.4 Å². The molecular formula is C21H18F2N4O3. The summed E-state index contributed by atoms with van der Waals surface area (Å²) in [6, 6.07) is 8.78.